The Bertz CT molecular complexity index is 312. The van der Waals surface area contributed by atoms with Gasteiger partial charge in [-0.25, -0.2) is 4.79 Å². The van der Waals surface area contributed by atoms with Crippen molar-refractivity contribution in [3.8, 4) is 0 Å². The van der Waals surface area contributed by atoms with Crippen LogP contribution in [0.15, 0.2) is 0 Å². The van der Waals surface area contributed by atoms with Crippen LogP contribution in [-0.4, -0.2) is 44.5 Å². The predicted octanol–water partition coefficient (Wildman–Crippen LogP) is 0.0483. The molecule has 1 rings (SSSR count). The zero-order chi connectivity index (χ0) is 13.5. The molecule has 0 aromatic heterocycles. The number of esters is 2. The molecule has 0 aromatic carbocycles. The third kappa shape index (κ3) is 3.53. The molecule has 0 radical (unpaired) electrons. The Balaban J connectivity index is 2.73. The Morgan fingerprint density at radius 2 is 1.72 bits per heavy atom. The molecule has 1 fully saturated rings. The summed E-state index contributed by atoms with van der Waals surface area (Å²) in [5, 5.41) is 2.73. The number of methoxy groups -OCH3 is 2. The Labute approximate surface area is 106 Å². The van der Waals surface area contributed by atoms with Crippen LogP contribution >= 0.6 is 0 Å². The van der Waals surface area contributed by atoms with Gasteiger partial charge in [0.2, 0.25) is 0 Å². The maximum atomic E-state index is 11.7. The number of hydrogen-bond donors (Lipinski definition) is 1. The van der Waals surface area contributed by atoms with Crippen LogP contribution in [-0.2, 0) is 23.9 Å². The van der Waals surface area contributed by atoms with Crippen LogP contribution in [0.2, 0.25) is 0 Å². The van der Waals surface area contributed by atoms with Crippen LogP contribution in [0.5, 0.6) is 0 Å². The lowest BCUT2D eigenvalue weighted by molar-refractivity contribution is -0.148. The molecule has 0 bridgehead atoms. The molecule has 2 atom stereocenters. The molecule has 0 saturated heterocycles. The third-order valence-electron chi connectivity index (χ3n) is 3.28. The molecule has 6 heteroatoms. The van der Waals surface area contributed by atoms with Crippen molar-refractivity contribution >= 4 is 18.2 Å². The zero-order valence-electron chi connectivity index (χ0n) is 10.7. The Hall–Kier alpha value is -1.43. The van der Waals surface area contributed by atoms with Crippen LogP contribution in [0, 0.1) is 5.92 Å². The first kappa shape index (κ1) is 14.6. The predicted molar refractivity (Wildman–Crippen MR) is 62.8 cm³/mol. The number of carbonyl (C=O) groups is 3. The maximum Gasteiger partial charge on any atom is 0.330 e. The molecule has 1 aliphatic rings. The van der Waals surface area contributed by atoms with Crippen LogP contribution in [0.1, 0.15) is 25.7 Å². The van der Waals surface area contributed by atoms with Crippen LogP contribution < -0.4 is 5.32 Å². The zero-order valence-corrected chi connectivity index (χ0v) is 10.7. The summed E-state index contributed by atoms with van der Waals surface area (Å²) < 4.78 is 9.21. The van der Waals surface area contributed by atoms with Crippen LogP contribution in [0.4, 0.5) is 0 Å². The van der Waals surface area contributed by atoms with E-state index in [1.165, 1.54) is 14.2 Å². The van der Waals surface area contributed by atoms with Crippen molar-refractivity contribution in [3.05, 3.63) is 0 Å². The maximum absolute atomic E-state index is 11.7. The fraction of sp³-hybridized carbons (Fsp3) is 0.750. The van der Waals surface area contributed by atoms with Gasteiger partial charge in [-0.2, -0.15) is 0 Å². The summed E-state index contributed by atoms with van der Waals surface area (Å²) in [5.74, 6) is -1.04. The highest BCUT2D eigenvalue weighted by molar-refractivity contribution is 5.93. The van der Waals surface area contributed by atoms with Crippen molar-refractivity contribution in [1.29, 1.82) is 0 Å². The summed E-state index contributed by atoms with van der Waals surface area (Å²) in [6.07, 6.45) is 4.31. The molecule has 2 unspecified atom stereocenters. The molecule has 1 N–H and O–H groups in total. The second-order valence-corrected chi connectivity index (χ2v) is 4.35. The molecule has 0 aromatic rings. The molecule has 102 valence electrons. The number of carbonyl (C=O) groups excluding carboxylic acids is 3. The van der Waals surface area contributed by atoms with E-state index in [0.717, 1.165) is 25.7 Å². The van der Waals surface area contributed by atoms with Crippen molar-refractivity contribution in [1.82, 2.24) is 5.32 Å². The highest BCUT2D eigenvalue weighted by Gasteiger charge is 2.34. The van der Waals surface area contributed by atoms with Gasteiger partial charge in [0.1, 0.15) is 12.3 Å². The number of hydrogen-bond acceptors (Lipinski definition) is 6. The van der Waals surface area contributed by atoms with Gasteiger partial charge < -0.3 is 14.3 Å². The minimum Gasteiger partial charge on any atom is -0.468 e. The van der Waals surface area contributed by atoms with E-state index >= 15 is 0 Å². The largest absolute Gasteiger partial charge is 0.468 e. The molecule has 0 heterocycles. The standard InChI is InChI=1S/C12H19NO5/c1-17-11(15)9(7-14)13-10(12(16)18-2)8-5-3-4-6-8/h7-10,13H,3-6H2,1-2H3. The van der Waals surface area contributed by atoms with Gasteiger partial charge in [-0.1, -0.05) is 12.8 Å². The van der Waals surface area contributed by atoms with Crippen molar-refractivity contribution in [2.24, 2.45) is 5.92 Å². The lowest BCUT2D eigenvalue weighted by Gasteiger charge is -2.24. The lowest BCUT2D eigenvalue weighted by Crippen LogP contribution is -2.51. The smallest absolute Gasteiger partial charge is 0.330 e. The van der Waals surface area contributed by atoms with Crippen molar-refractivity contribution < 1.29 is 23.9 Å². The fourth-order valence-electron chi connectivity index (χ4n) is 2.30. The van der Waals surface area contributed by atoms with E-state index in [0.29, 0.717) is 6.29 Å². The second kappa shape index (κ2) is 7.10. The van der Waals surface area contributed by atoms with E-state index in [4.69, 9.17) is 4.74 Å². The quantitative estimate of drug-likeness (QED) is 0.411. The van der Waals surface area contributed by atoms with Gasteiger partial charge in [0.05, 0.1) is 14.2 Å². The lowest BCUT2D eigenvalue weighted by atomic mass is 9.97. The van der Waals surface area contributed by atoms with Crippen molar-refractivity contribution in [3.63, 3.8) is 0 Å². The van der Waals surface area contributed by atoms with Gasteiger partial charge in [0.15, 0.2) is 6.04 Å². The SMILES string of the molecule is COC(=O)C(C=O)NC(C(=O)OC)C1CCCC1. The number of aldehydes is 1. The summed E-state index contributed by atoms with van der Waals surface area (Å²) in [5.41, 5.74) is 0. The monoisotopic (exact) mass is 257 g/mol. The summed E-state index contributed by atoms with van der Waals surface area (Å²) in [6.45, 7) is 0. The minimum atomic E-state index is -1.13. The third-order valence-corrected chi connectivity index (χ3v) is 3.28. The van der Waals surface area contributed by atoms with Gasteiger partial charge in [-0.05, 0) is 18.8 Å². The number of rotatable bonds is 6. The molecule has 0 aliphatic heterocycles. The fourth-order valence-corrected chi connectivity index (χ4v) is 2.30. The van der Waals surface area contributed by atoms with E-state index in [9.17, 15) is 14.4 Å². The summed E-state index contributed by atoms with van der Waals surface area (Å²) in [7, 11) is 2.49. The first-order valence-electron chi connectivity index (χ1n) is 6.01. The Kier molecular flexibility index (Phi) is 5.77. The molecule has 1 aliphatic carbocycles. The minimum absolute atomic E-state index is 0.101. The highest BCUT2D eigenvalue weighted by Crippen LogP contribution is 2.28. The van der Waals surface area contributed by atoms with E-state index in [1.807, 2.05) is 0 Å². The number of ether oxygens (including phenoxy) is 2. The number of nitrogens with one attached hydrogen (secondary N) is 1. The van der Waals surface area contributed by atoms with Crippen LogP contribution in [0.25, 0.3) is 0 Å². The van der Waals surface area contributed by atoms with E-state index < -0.39 is 24.0 Å². The van der Waals surface area contributed by atoms with E-state index in [-0.39, 0.29) is 5.92 Å². The van der Waals surface area contributed by atoms with Crippen molar-refractivity contribution in [2.45, 2.75) is 37.8 Å². The average molecular weight is 257 g/mol. The Morgan fingerprint density at radius 1 is 1.17 bits per heavy atom. The van der Waals surface area contributed by atoms with Gasteiger partial charge in [-0.3, -0.25) is 10.1 Å². The van der Waals surface area contributed by atoms with Gasteiger partial charge in [0.25, 0.3) is 0 Å². The molecule has 6 nitrogen and oxygen atoms in total. The molecule has 0 spiro atoms. The molecule has 0 amide bonds. The summed E-state index contributed by atoms with van der Waals surface area (Å²) >= 11 is 0. The van der Waals surface area contributed by atoms with Gasteiger partial charge in [0, 0.05) is 0 Å². The van der Waals surface area contributed by atoms with Gasteiger partial charge in [-0.15, -0.1) is 0 Å². The van der Waals surface area contributed by atoms with E-state index in [2.05, 4.69) is 10.1 Å². The molecule has 1 saturated carbocycles. The second-order valence-electron chi connectivity index (χ2n) is 4.35. The molecular weight excluding hydrogens is 238 g/mol. The average Bonchev–Trinajstić information content (AvgIpc) is 2.92. The first-order valence-corrected chi connectivity index (χ1v) is 6.01. The van der Waals surface area contributed by atoms with Crippen molar-refractivity contribution in [2.75, 3.05) is 14.2 Å². The first-order chi connectivity index (χ1) is 8.63. The van der Waals surface area contributed by atoms with Gasteiger partial charge >= 0.3 is 11.9 Å². The normalized spacial score (nSPS) is 19.0. The van der Waals surface area contributed by atoms with E-state index in [1.54, 1.807) is 0 Å². The molecular formula is C12H19NO5. The summed E-state index contributed by atoms with van der Waals surface area (Å²) in [6, 6.07) is -1.76. The Morgan fingerprint density at radius 3 is 2.17 bits per heavy atom. The highest BCUT2D eigenvalue weighted by atomic mass is 16.5. The summed E-state index contributed by atoms with van der Waals surface area (Å²) in [4.78, 5) is 33.9. The topological polar surface area (TPSA) is 81.7 Å². The molecule has 18 heavy (non-hydrogen) atoms. The van der Waals surface area contributed by atoms with Crippen LogP contribution in [0.3, 0.4) is 0 Å².